The van der Waals surface area contributed by atoms with Gasteiger partial charge in [-0.25, -0.2) is 0 Å². The van der Waals surface area contributed by atoms with E-state index in [-0.39, 0.29) is 23.4 Å². The molecule has 1 aromatic carbocycles. The molecule has 0 spiro atoms. The van der Waals surface area contributed by atoms with Crippen molar-refractivity contribution in [2.75, 3.05) is 0 Å². The quantitative estimate of drug-likeness (QED) is 0.648. The molecule has 1 aromatic rings. The lowest BCUT2D eigenvalue weighted by Crippen LogP contribution is -2.07. The summed E-state index contributed by atoms with van der Waals surface area (Å²) < 4.78 is 0. The van der Waals surface area contributed by atoms with E-state index in [2.05, 4.69) is 19.1 Å². The first-order chi connectivity index (χ1) is 4.84. The SMILES string of the molecule is CCC(N)c1ccccc1.[AlH3]. The Labute approximate surface area is 78.7 Å². The second-order valence-electron chi connectivity index (χ2n) is 2.43. The summed E-state index contributed by atoms with van der Waals surface area (Å²) in [5.41, 5.74) is 7.02. The molecule has 2 N–H and O–H groups in total. The molecule has 60 valence electrons. The average molecular weight is 165 g/mol. The molecule has 1 unspecified atom stereocenters. The Kier molecular flexibility index (Phi) is 5.23. The molecule has 0 amide bonds. The molecule has 0 aliphatic heterocycles. The summed E-state index contributed by atoms with van der Waals surface area (Å²) in [7, 11) is 0. The van der Waals surface area contributed by atoms with Gasteiger partial charge in [0.05, 0.1) is 0 Å². The summed E-state index contributed by atoms with van der Waals surface area (Å²) in [5.74, 6) is 0. The third-order valence-corrected chi connectivity index (χ3v) is 1.67. The topological polar surface area (TPSA) is 26.0 Å². The van der Waals surface area contributed by atoms with E-state index >= 15 is 0 Å². The van der Waals surface area contributed by atoms with E-state index in [9.17, 15) is 0 Å². The van der Waals surface area contributed by atoms with Crippen molar-refractivity contribution in [3.8, 4) is 0 Å². The van der Waals surface area contributed by atoms with Gasteiger partial charge in [-0.1, -0.05) is 37.3 Å². The maximum atomic E-state index is 5.79. The summed E-state index contributed by atoms with van der Waals surface area (Å²) in [6.07, 6.45) is 1.00. The first kappa shape index (κ1) is 10.7. The van der Waals surface area contributed by atoms with Crippen molar-refractivity contribution in [1.82, 2.24) is 0 Å². The molecule has 0 bridgehead atoms. The fraction of sp³-hybridized carbons (Fsp3) is 0.333. The van der Waals surface area contributed by atoms with Gasteiger partial charge in [0.1, 0.15) is 0 Å². The number of rotatable bonds is 2. The monoisotopic (exact) mass is 165 g/mol. The molecule has 2 heteroatoms. The van der Waals surface area contributed by atoms with Crippen LogP contribution in [0.4, 0.5) is 0 Å². The Morgan fingerprint density at radius 1 is 1.27 bits per heavy atom. The van der Waals surface area contributed by atoms with Crippen LogP contribution in [-0.2, 0) is 0 Å². The summed E-state index contributed by atoms with van der Waals surface area (Å²) in [6, 6.07) is 10.4. The van der Waals surface area contributed by atoms with Gasteiger partial charge in [0.2, 0.25) is 0 Å². The van der Waals surface area contributed by atoms with Gasteiger partial charge in [0.15, 0.2) is 17.4 Å². The Hall–Kier alpha value is -0.288. The largest absolute Gasteiger partial charge is 0.324 e. The van der Waals surface area contributed by atoms with E-state index in [1.165, 1.54) is 5.56 Å². The standard InChI is InChI=1S/C9H13N.Al.3H/c1-2-9(10)8-6-4-3-5-7-8;;;;/h3-7,9H,2,10H2,1H3;;;;. The minimum Gasteiger partial charge on any atom is -0.324 e. The zero-order valence-corrected chi connectivity index (χ0v) is 6.25. The van der Waals surface area contributed by atoms with E-state index in [4.69, 9.17) is 5.73 Å². The Morgan fingerprint density at radius 3 is 2.27 bits per heavy atom. The second kappa shape index (κ2) is 5.37. The van der Waals surface area contributed by atoms with E-state index in [1.54, 1.807) is 0 Å². The van der Waals surface area contributed by atoms with Gasteiger partial charge in [-0.2, -0.15) is 0 Å². The first-order valence-corrected chi connectivity index (χ1v) is 3.65. The van der Waals surface area contributed by atoms with Crippen LogP contribution in [0.1, 0.15) is 24.9 Å². The van der Waals surface area contributed by atoms with Crippen LogP contribution in [-0.4, -0.2) is 17.4 Å². The van der Waals surface area contributed by atoms with Crippen molar-refractivity contribution in [3.05, 3.63) is 35.9 Å². The zero-order valence-electron chi connectivity index (χ0n) is 6.25. The van der Waals surface area contributed by atoms with Crippen LogP contribution in [0.3, 0.4) is 0 Å². The molecule has 0 fully saturated rings. The van der Waals surface area contributed by atoms with Gasteiger partial charge in [0, 0.05) is 6.04 Å². The average Bonchev–Trinajstić information content (AvgIpc) is 2.05. The molecule has 11 heavy (non-hydrogen) atoms. The molecule has 0 aliphatic rings. The van der Waals surface area contributed by atoms with Crippen LogP contribution in [0.2, 0.25) is 0 Å². The highest BCUT2D eigenvalue weighted by Crippen LogP contribution is 2.11. The van der Waals surface area contributed by atoms with Crippen LogP contribution < -0.4 is 5.73 Å². The molecule has 0 aromatic heterocycles. The van der Waals surface area contributed by atoms with Crippen LogP contribution >= 0.6 is 0 Å². The lowest BCUT2D eigenvalue weighted by molar-refractivity contribution is 0.699. The zero-order chi connectivity index (χ0) is 7.40. The second-order valence-corrected chi connectivity index (χ2v) is 2.43. The summed E-state index contributed by atoms with van der Waals surface area (Å²) in [6.45, 7) is 2.09. The molecule has 0 radical (unpaired) electrons. The van der Waals surface area contributed by atoms with E-state index in [0.29, 0.717) is 0 Å². The van der Waals surface area contributed by atoms with Crippen molar-refractivity contribution in [1.29, 1.82) is 0 Å². The highest BCUT2D eigenvalue weighted by molar-refractivity contribution is 5.75. The third-order valence-electron chi connectivity index (χ3n) is 1.67. The molecule has 1 atom stereocenters. The number of hydrogen-bond acceptors (Lipinski definition) is 1. The van der Waals surface area contributed by atoms with E-state index in [1.807, 2.05) is 18.2 Å². The highest BCUT2D eigenvalue weighted by Gasteiger charge is 1.99. The smallest absolute Gasteiger partial charge is 0.187 e. The molecule has 0 saturated heterocycles. The Balaban J connectivity index is 0.000001000. The van der Waals surface area contributed by atoms with Gasteiger partial charge in [-0.05, 0) is 12.0 Å². The van der Waals surface area contributed by atoms with E-state index < -0.39 is 0 Å². The Morgan fingerprint density at radius 2 is 1.82 bits per heavy atom. The van der Waals surface area contributed by atoms with Crippen LogP contribution in [0.25, 0.3) is 0 Å². The molecular weight excluding hydrogens is 149 g/mol. The minimum atomic E-state index is 0. The summed E-state index contributed by atoms with van der Waals surface area (Å²) >= 11 is 0. The van der Waals surface area contributed by atoms with Crippen LogP contribution in [0.5, 0.6) is 0 Å². The minimum absolute atomic E-state index is 0. The van der Waals surface area contributed by atoms with E-state index in [0.717, 1.165) is 6.42 Å². The fourth-order valence-electron chi connectivity index (χ4n) is 0.936. The molecule has 1 rings (SSSR count). The Bertz CT molecular complexity index is 186. The number of hydrogen-bond donors (Lipinski definition) is 1. The predicted molar refractivity (Wildman–Crippen MR) is 53.6 cm³/mol. The summed E-state index contributed by atoms with van der Waals surface area (Å²) in [5, 5.41) is 0. The van der Waals surface area contributed by atoms with Gasteiger partial charge in [-0.3, -0.25) is 0 Å². The van der Waals surface area contributed by atoms with Gasteiger partial charge < -0.3 is 5.73 Å². The first-order valence-electron chi connectivity index (χ1n) is 3.65. The fourth-order valence-corrected chi connectivity index (χ4v) is 0.936. The molecular formula is C9H16AlN. The van der Waals surface area contributed by atoms with Gasteiger partial charge in [-0.15, -0.1) is 0 Å². The maximum Gasteiger partial charge on any atom is 0.187 e. The van der Waals surface area contributed by atoms with Gasteiger partial charge in [0.25, 0.3) is 0 Å². The molecule has 0 saturated carbocycles. The van der Waals surface area contributed by atoms with Crippen molar-refractivity contribution in [2.45, 2.75) is 19.4 Å². The molecule has 0 aliphatic carbocycles. The van der Waals surface area contributed by atoms with Crippen LogP contribution in [0.15, 0.2) is 30.3 Å². The molecule has 1 nitrogen and oxygen atoms in total. The van der Waals surface area contributed by atoms with Gasteiger partial charge >= 0.3 is 0 Å². The van der Waals surface area contributed by atoms with Crippen molar-refractivity contribution >= 4 is 17.4 Å². The summed E-state index contributed by atoms with van der Waals surface area (Å²) in [4.78, 5) is 0. The van der Waals surface area contributed by atoms with Crippen molar-refractivity contribution in [2.24, 2.45) is 5.73 Å². The normalized spacial score (nSPS) is 11.8. The lowest BCUT2D eigenvalue weighted by Gasteiger charge is -2.06. The maximum absolute atomic E-state index is 5.79. The molecule has 0 heterocycles. The van der Waals surface area contributed by atoms with Crippen molar-refractivity contribution < 1.29 is 0 Å². The third kappa shape index (κ3) is 3.07. The van der Waals surface area contributed by atoms with Crippen molar-refractivity contribution in [3.63, 3.8) is 0 Å². The number of benzene rings is 1. The highest BCUT2D eigenvalue weighted by atomic mass is 27.0. The predicted octanol–water partition coefficient (Wildman–Crippen LogP) is 0.912. The lowest BCUT2D eigenvalue weighted by atomic mass is 10.1. The van der Waals surface area contributed by atoms with Crippen LogP contribution in [0, 0.1) is 0 Å². The number of nitrogens with two attached hydrogens (primary N) is 1.